The number of aromatic nitrogens is 1. The Morgan fingerprint density at radius 2 is 2.04 bits per heavy atom. The third-order valence-electron chi connectivity index (χ3n) is 3.56. The van der Waals surface area contributed by atoms with Crippen molar-refractivity contribution in [2.24, 2.45) is 15.7 Å². The van der Waals surface area contributed by atoms with E-state index in [1.54, 1.807) is 25.7 Å². The van der Waals surface area contributed by atoms with Crippen molar-refractivity contribution in [3.05, 3.63) is 53.9 Å². The van der Waals surface area contributed by atoms with E-state index in [0.717, 1.165) is 34.1 Å². The summed E-state index contributed by atoms with van der Waals surface area (Å²) in [7, 11) is 3.21. The molecule has 2 aromatic rings. The molecule has 136 valence electrons. The second-order valence-corrected chi connectivity index (χ2v) is 5.20. The first-order valence-electron chi connectivity index (χ1n) is 8.14. The lowest BCUT2D eigenvalue weighted by Crippen LogP contribution is -1.96. The Balaban J connectivity index is 0.00000163. The van der Waals surface area contributed by atoms with Gasteiger partial charge in [0.2, 0.25) is 0 Å². The van der Waals surface area contributed by atoms with Crippen molar-refractivity contribution in [3.63, 3.8) is 0 Å². The summed E-state index contributed by atoms with van der Waals surface area (Å²) in [4.78, 5) is 22.7. The van der Waals surface area contributed by atoms with E-state index < -0.39 is 0 Å². The third kappa shape index (κ3) is 5.75. The van der Waals surface area contributed by atoms with Crippen LogP contribution in [-0.2, 0) is 11.2 Å². The van der Waals surface area contributed by atoms with Gasteiger partial charge in [0.05, 0.1) is 0 Å². The lowest BCUT2D eigenvalue weighted by atomic mass is 9.93. The summed E-state index contributed by atoms with van der Waals surface area (Å²) in [5.74, 6) is 0.465. The summed E-state index contributed by atoms with van der Waals surface area (Å²) in [5.41, 5.74) is 15.2. The van der Waals surface area contributed by atoms with Gasteiger partial charge in [-0.2, -0.15) is 0 Å². The summed E-state index contributed by atoms with van der Waals surface area (Å²) < 4.78 is 0. The van der Waals surface area contributed by atoms with Crippen molar-refractivity contribution in [3.8, 4) is 11.1 Å². The monoisotopic (exact) mass is 351 g/mol. The van der Waals surface area contributed by atoms with E-state index in [4.69, 9.17) is 5.73 Å². The molecule has 1 aromatic carbocycles. The molecule has 6 nitrogen and oxygen atoms in total. The van der Waals surface area contributed by atoms with Crippen LogP contribution >= 0.6 is 0 Å². The van der Waals surface area contributed by atoms with E-state index in [2.05, 4.69) is 27.4 Å². The van der Waals surface area contributed by atoms with E-state index in [1.165, 1.54) is 7.05 Å². The Labute approximate surface area is 154 Å². The second kappa shape index (κ2) is 11.4. The number of aryl methyl sites for hydroxylation is 1. The molecular formula is C20H25N5O. The number of carbonyl (C=O) groups excluding carboxylic acids is 1. The minimum Gasteiger partial charge on any atom is -0.384 e. The summed E-state index contributed by atoms with van der Waals surface area (Å²) in [6, 6.07) is 9.80. The van der Waals surface area contributed by atoms with Crippen molar-refractivity contribution in [2.75, 3.05) is 19.8 Å². The van der Waals surface area contributed by atoms with E-state index >= 15 is 0 Å². The largest absolute Gasteiger partial charge is 0.384 e. The van der Waals surface area contributed by atoms with Crippen molar-refractivity contribution >= 4 is 30.6 Å². The summed E-state index contributed by atoms with van der Waals surface area (Å²) in [5, 5.41) is 0. The number of hydrogen-bond acceptors (Lipinski definition) is 6. The number of carbonyl (C=O) groups is 1. The molecule has 6 heteroatoms. The van der Waals surface area contributed by atoms with Crippen LogP contribution in [0.25, 0.3) is 16.7 Å². The fourth-order valence-electron chi connectivity index (χ4n) is 2.51. The van der Waals surface area contributed by atoms with E-state index in [9.17, 15) is 4.79 Å². The van der Waals surface area contributed by atoms with Crippen LogP contribution in [0.3, 0.4) is 0 Å². The number of pyridine rings is 1. The summed E-state index contributed by atoms with van der Waals surface area (Å²) >= 11 is 0. The molecule has 0 saturated heterocycles. The number of aldehydes is 1. The van der Waals surface area contributed by atoms with Crippen LogP contribution in [0.1, 0.15) is 17.5 Å². The predicted octanol–water partition coefficient (Wildman–Crippen LogP) is 2.78. The molecule has 0 radical (unpaired) electrons. The minimum absolute atomic E-state index is 0.456. The highest BCUT2D eigenvalue weighted by molar-refractivity contribution is 6.10. The minimum atomic E-state index is 0.456. The molecule has 0 amide bonds. The highest BCUT2D eigenvalue weighted by atomic mass is 16.1. The molecule has 0 fully saturated rings. The SMILES string of the molecule is C=N/C=C(\C=NC)c1ccc(-c2ccnc(N)c2)c(CCC=O)c1.CN. The topological polar surface area (TPSA) is 107 Å². The second-order valence-electron chi connectivity index (χ2n) is 5.20. The molecule has 0 aliphatic heterocycles. The molecule has 2 rings (SSSR count). The van der Waals surface area contributed by atoms with Crippen LogP contribution in [0.2, 0.25) is 0 Å². The van der Waals surface area contributed by atoms with Crippen LogP contribution in [0.5, 0.6) is 0 Å². The van der Waals surface area contributed by atoms with E-state index in [0.29, 0.717) is 18.7 Å². The van der Waals surface area contributed by atoms with Crippen molar-refractivity contribution in [1.29, 1.82) is 0 Å². The number of nitrogens with two attached hydrogens (primary N) is 2. The summed E-state index contributed by atoms with van der Waals surface area (Å²) in [6.45, 7) is 3.50. The van der Waals surface area contributed by atoms with Gasteiger partial charge in [0.25, 0.3) is 0 Å². The fourth-order valence-corrected chi connectivity index (χ4v) is 2.51. The maximum absolute atomic E-state index is 10.8. The Hall–Kier alpha value is -3.12. The molecule has 0 aliphatic rings. The van der Waals surface area contributed by atoms with Crippen molar-refractivity contribution in [1.82, 2.24) is 4.98 Å². The molecule has 0 aliphatic carbocycles. The molecule has 0 spiro atoms. The van der Waals surface area contributed by atoms with Gasteiger partial charge in [-0.1, -0.05) is 18.2 Å². The van der Waals surface area contributed by atoms with Gasteiger partial charge in [0.1, 0.15) is 12.1 Å². The van der Waals surface area contributed by atoms with Gasteiger partial charge in [-0.3, -0.25) is 9.98 Å². The molecule has 0 saturated carbocycles. The van der Waals surface area contributed by atoms with E-state index in [-0.39, 0.29) is 0 Å². The lowest BCUT2D eigenvalue weighted by Gasteiger charge is -2.12. The molecule has 26 heavy (non-hydrogen) atoms. The Kier molecular flexibility index (Phi) is 9.20. The predicted molar refractivity (Wildman–Crippen MR) is 111 cm³/mol. The van der Waals surface area contributed by atoms with Crippen LogP contribution in [-0.4, -0.2) is 38.3 Å². The molecular weight excluding hydrogens is 326 g/mol. The molecule has 0 atom stereocenters. The number of nitrogens with zero attached hydrogens (tertiary/aromatic N) is 3. The fraction of sp³-hybridized carbons (Fsp3) is 0.200. The quantitative estimate of drug-likeness (QED) is 0.591. The van der Waals surface area contributed by atoms with Crippen molar-refractivity contribution in [2.45, 2.75) is 12.8 Å². The first-order valence-corrected chi connectivity index (χ1v) is 8.14. The third-order valence-corrected chi connectivity index (χ3v) is 3.56. The standard InChI is InChI=1S/C19H20N4O.CH5N/c1-21-12-17(13-22-2)14-5-6-18(15(10-14)4-3-9-24)16-7-8-23-19(20)11-16;1-2/h5-13H,1,3-4H2,2H3,(H2,20,23);2H2,1H3/b17-12+,22-13?;. The Morgan fingerprint density at radius 3 is 2.65 bits per heavy atom. The number of rotatable bonds is 7. The zero-order chi connectivity index (χ0) is 19.4. The maximum Gasteiger partial charge on any atom is 0.123 e. The van der Waals surface area contributed by atoms with Gasteiger partial charge in [-0.05, 0) is 54.6 Å². The zero-order valence-corrected chi connectivity index (χ0v) is 15.2. The normalized spacial score (nSPS) is 11.0. The molecule has 0 bridgehead atoms. The maximum atomic E-state index is 10.8. The van der Waals surface area contributed by atoms with Crippen LogP contribution in [0.4, 0.5) is 5.82 Å². The van der Waals surface area contributed by atoms with Gasteiger partial charge >= 0.3 is 0 Å². The van der Waals surface area contributed by atoms with Crippen LogP contribution in [0.15, 0.2) is 52.7 Å². The van der Waals surface area contributed by atoms with Gasteiger partial charge < -0.3 is 16.3 Å². The molecule has 0 unspecified atom stereocenters. The number of nitrogen functional groups attached to an aromatic ring is 1. The summed E-state index contributed by atoms with van der Waals surface area (Å²) in [6.07, 6.45) is 7.10. The number of allylic oxidation sites excluding steroid dienone is 1. The highest BCUT2D eigenvalue weighted by Gasteiger charge is 2.09. The number of benzene rings is 1. The number of anilines is 1. The van der Waals surface area contributed by atoms with Gasteiger partial charge in [0.15, 0.2) is 0 Å². The van der Waals surface area contributed by atoms with Crippen LogP contribution in [0, 0.1) is 0 Å². The lowest BCUT2D eigenvalue weighted by molar-refractivity contribution is -0.107. The van der Waals surface area contributed by atoms with Gasteiger partial charge in [-0.15, -0.1) is 0 Å². The zero-order valence-electron chi connectivity index (χ0n) is 15.2. The average molecular weight is 351 g/mol. The van der Waals surface area contributed by atoms with Gasteiger partial charge in [0, 0.05) is 37.7 Å². The molecule has 1 heterocycles. The van der Waals surface area contributed by atoms with Crippen molar-refractivity contribution < 1.29 is 4.79 Å². The number of aliphatic imine (C=N–C) groups is 2. The Bertz CT molecular complexity index is 797. The van der Waals surface area contributed by atoms with Crippen LogP contribution < -0.4 is 11.5 Å². The smallest absolute Gasteiger partial charge is 0.123 e. The average Bonchev–Trinajstić information content (AvgIpc) is 2.67. The number of hydrogen-bond donors (Lipinski definition) is 2. The van der Waals surface area contributed by atoms with E-state index in [1.807, 2.05) is 30.3 Å². The first kappa shape index (κ1) is 20.9. The highest BCUT2D eigenvalue weighted by Crippen LogP contribution is 2.28. The Morgan fingerprint density at radius 1 is 1.27 bits per heavy atom. The molecule has 1 aromatic heterocycles. The first-order chi connectivity index (χ1) is 12.7. The van der Waals surface area contributed by atoms with Gasteiger partial charge in [-0.25, -0.2) is 4.98 Å². The molecule has 4 N–H and O–H groups in total.